The molecule has 0 aliphatic carbocycles. The van der Waals surface area contributed by atoms with Gasteiger partial charge in [-0.2, -0.15) is 0 Å². The van der Waals surface area contributed by atoms with E-state index in [2.05, 4.69) is 0 Å². The standard InChI is InChI=1S/C22H26ClN3O5S/c1-24(2)32(29,30)19-6-4-5-17(15-19)21(27)26-13-11-25(12-14-26)20(22(28)31-3)16-7-9-18(23)10-8-16/h4-10,15,20H,11-14H2,1-3H3. The first kappa shape index (κ1) is 24.2. The number of hydrogen-bond acceptors (Lipinski definition) is 6. The van der Waals surface area contributed by atoms with Gasteiger partial charge >= 0.3 is 5.97 Å². The first-order chi connectivity index (χ1) is 15.1. The largest absolute Gasteiger partial charge is 0.468 e. The van der Waals surface area contributed by atoms with Crippen molar-refractivity contribution < 1.29 is 22.7 Å². The minimum absolute atomic E-state index is 0.0699. The molecule has 2 aromatic rings. The molecule has 0 N–H and O–H groups in total. The van der Waals surface area contributed by atoms with Gasteiger partial charge in [0.2, 0.25) is 10.0 Å². The van der Waals surface area contributed by atoms with Gasteiger partial charge in [0.25, 0.3) is 5.91 Å². The van der Waals surface area contributed by atoms with E-state index in [-0.39, 0.29) is 16.8 Å². The summed E-state index contributed by atoms with van der Waals surface area (Å²) in [6, 6.07) is 12.5. The molecule has 1 aliphatic rings. The van der Waals surface area contributed by atoms with Gasteiger partial charge in [-0.25, -0.2) is 17.5 Å². The molecule has 1 aliphatic heterocycles. The van der Waals surface area contributed by atoms with E-state index in [1.54, 1.807) is 41.3 Å². The van der Waals surface area contributed by atoms with Crippen molar-refractivity contribution in [3.05, 3.63) is 64.7 Å². The van der Waals surface area contributed by atoms with Crippen LogP contribution in [0, 0.1) is 0 Å². The summed E-state index contributed by atoms with van der Waals surface area (Å²) in [6.45, 7) is 1.71. The Morgan fingerprint density at radius 1 is 1.03 bits per heavy atom. The zero-order chi connectivity index (χ0) is 23.5. The molecule has 1 saturated heterocycles. The van der Waals surface area contributed by atoms with Gasteiger partial charge in [0.15, 0.2) is 0 Å². The van der Waals surface area contributed by atoms with Crippen molar-refractivity contribution in [3.8, 4) is 0 Å². The maximum atomic E-state index is 13.0. The quantitative estimate of drug-likeness (QED) is 0.591. The number of methoxy groups -OCH3 is 1. The van der Waals surface area contributed by atoms with E-state index in [0.29, 0.717) is 36.8 Å². The molecule has 8 nitrogen and oxygen atoms in total. The fourth-order valence-corrected chi connectivity index (χ4v) is 4.69. The van der Waals surface area contributed by atoms with Crippen LogP contribution in [0.3, 0.4) is 0 Å². The lowest BCUT2D eigenvalue weighted by molar-refractivity contribution is -0.148. The summed E-state index contributed by atoms with van der Waals surface area (Å²) in [5, 5.41) is 0.575. The Balaban J connectivity index is 1.74. The molecule has 3 rings (SSSR count). The summed E-state index contributed by atoms with van der Waals surface area (Å²) >= 11 is 5.97. The highest BCUT2D eigenvalue weighted by Crippen LogP contribution is 2.26. The van der Waals surface area contributed by atoms with Crippen molar-refractivity contribution in [1.82, 2.24) is 14.1 Å². The average molecular weight is 480 g/mol. The molecule has 1 amide bonds. The number of rotatable bonds is 6. The minimum atomic E-state index is -3.64. The van der Waals surface area contributed by atoms with E-state index in [0.717, 1.165) is 9.87 Å². The average Bonchev–Trinajstić information content (AvgIpc) is 2.80. The lowest BCUT2D eigenvalue weighted by Gasteiger charge is -2.38. The van der Waals surface area contributed by atoms with Crippen molar-refractivity contribution >= 4 is 33.5 Å². The van der Waals surface area contributed by atoms with E-state index in [1.165, 1.54) is 33.3 Å². The molecule has 0 aromatic heterocycles. The van der Waals surface area contributed by atoms with E-state index < -0.39 is 16.1 Å². The maximum Gasteiger partial charge on any atom is 0.327 e. The molecule has 0 spiro atoms. The number of hydrogen-bond donors (Lipinski definition) is 0. The predicted octanol–water partition coefficient (Wildman–Crippen LogP) is 2.26. The number of benzene rings is 2. The fourth-order valence-electron chi connectivity index (χ4n) is 3.62. The third-order valence-corrected chi connectivity index (χ3v) is 7.50. The number of carbonyl (C=O) groups is 2. The Labute approximate surface area is 193 Å². The summed E-state index contributed by atoms with van der Waals surface area (Å²) in [5.74, 6) is -0.629. The predicted molar refractivity (Wildman–Crippen MR) is 121 cm³/mol. The Bertz CT molecular complexity index is 1080. The normalized spacial score (nSPS) is 16.1. The van der Waals surface area contributed by atoms with Gasteiger partial charge in [0, 0.05) is 50.9 Å². The van der Waals surface area contributed by atoms with Crippen molar-refractivity contribution in [2.24, 2.45) is 0 Å². The topological polar surface area (TPSA) is 87.2 Å². The zero-order valence-electron chi connectivity index (χ0n) is 18.2. The Hall–Kier alpha value is -2.46. The first-order valence-electron chi connectivity index (χ1n) is 10.0. The van der Waals surface area contributed by atoms with Crippen molar-refractivity contribution in [2.75, 3.05) is 47.4 Å². The van der Waals surface area contributed by atoms with E-state index in [9.17, 15) is 18.0 Å². The Morgan fingerprint density at radius 2 is 1.66 bits per heavy atom. The SMILES string of the molecule is COC(=O)C(c1ccc(Cl)cc1)N1CCN(C(=O)c2cccc(S(=O)(=O)N(C)C)c2)CC1. The highest BCUT2D eigenvalue weighted by Gasteiger charge is 2.33. The smallest absolute Gasteiger partial charge is 0.327 e. The summed E-state index contributed by atoms with van der Waals surface area (Å²) in [6.07, 6.45) is 0. The van der Waals surface area contributed by atoms with Crippen molar-refractivity contribution in [3.63, 3.8) is 0 Å². The number of amides is 1. The third kappa shape index (κ3) is 5.12. The van der Waals surface area contributed by atoms with Crippen LogP contribution in [0.25, 0.3) is 0 Å². The number of esters is 1. The summed E-state index contributed by atoms with van der Waals surface area (Å²) in [4.78, 5) is 29.2. The van der Waals surface area contributed by atoms with Gasteiger partial charge in [0.1, 0.15) is 6.04 Å². The van der Waals surface area contributed by atoms with Gasteiger partial charge in [-0.05, 0) is 35.9 Å². The van der Waals surface area contributed by atoms with Crippen molar-refractivity contribution in [1.29, 1.82) is 0 Å². The van der Waals surface area contributed by atoms with Gasteiger partial charge in [-0.1, -0.05) is 29.8 Å². The fraction of sp³-hybridized carbons (Fsp3) is 0.364. The molecule has 2 aromatic carbocycles. The van der Waals surface area contributed by atoms with Crippen LogP contribution in [-0.4, -0.2) is 81.8 Å². The number of carbonyl (C=O) groups excluding carboxylic acids is 2. The van der Waals surface area contributed by atoms with Crippen LogP contribution in [0.4, 0.5) is 0 Å². The molecule has 0 saturated carbocycles. The molecular formula is C22H26ClN3O5S. The van der Waals surface area contributed by atoms with Crippen LogP contribution >= 0.6 is 11.6 Å². The molecular weight excluding hydrogens is 454 g/mol. The number of sulfonamides is 1. The number of halogens is 1. The van der Waals surface area contributed by atoms with Crippen LogP contribution < -0.4 is 0 Å². The lowest BCUT2D eigenvalue weighted by atomic mass is 10.0. The number of piperazine rings is 1. The first-order valence-corrected chi connectivity index (χ1v) is 11.9. The third-order valence-electron chi connectivity index (χ3n) is 5.44. The second-order valence-corrected chi connectivity index (χ2v) is 10.2. The van der Waals surface area contributed by atoms with Crippen LogP contribution in [-0.2, 0) is 19.6 Å². The van der Waals surface area contributed by atoms with E-state index in [4.69, 9.17) is 16.3 Å². The molecule has 32 heavy (non-hydrogen) atoms. The second kappa shape index (κ2) is 9.99. The molecule has 0 radical (unpaired) electrons. The maximum absolute atomic E-state index is 13.0. The molecule has 1 atom stereocenters. The van der Waals surface area contributed by atoms with Crippen molar-refractivity contribution in [2.45, 2.75) is 10.9 Å². The zero-order valence-corrected chi connectivity index (χ0v) is 19.8. The van der Waals surface area contributed by atoms with Gasteiger partial charge in [-0.3, -0.25) is 9.69 Å². The minimum Gasteiger partial charge on any atom is -0.468 e. The highest BCUT2D eigenvalue weighted by atomic mass is 35.5. The second-order valence-electron chi connectivity index (χ2n) is 7.62. The Morgan fingerprint density at radius 3 is 2.22 bits per heavy atom. The summed E-state index contributed by atoms with van der Waals surface area (Å²) in [7, 11) is 0.603. The number of ether oxygens (including phenoxy) is 1. The summed E-state index contributed by atoms with van der Waals surface area (Å²) < 4.78 is 30.9. The van der Waals surface area contributed by atoms with Crippen LogP contribution in [0.5, 0.6) is 0 Å². The van der Waals surface area contributed by atoms with Gasteiger partial charge < -0.3 is 9.64 Å². The molecule has 0 bridgehead atoms. The molecule has 1 unspecified atom stereocenters. The van der Waals surface area contributed by atoms with Gasteiger partial charge in [-0.15, -0.1) is 0 Å². The molecule has 10 heteroatoms. The monoisotopic (exact) mass is 479 g/mol. The Kier molecular flexibility index (Phi) is 7.55. The van der Waals surface area contributed by atoms with E-state index >= 15 is 0 Å². The van der Waals surface area contributed by atoms with Crippen LogP contribution in [0.1, 0.15) is 22.0 Å². The summed E-state index contributed by atoms with van der Waals surface area (Å²) in [5.41, 5.74) is 1.08. The molecule has 1 heterocycles. The highest BCUT2D eigenvalue weighted by molar-refractivity contribution is 7.89. The molecule has 1 fully saturated rings. The van der Waals surface area contributed by atoms with Crippen LogP contribution in [0.15, 0.2) is 53.4 Å². The lowest BCUT2D eigenvalue weighted by Crippen LogP contribution is -2.51. The van der Waals surface area contributed by atoms with Crippen LogP contribution in [0.2, 0.25) is 5.02 Å². The number of nitrogens with zero attached hydrogens (tertiary/aromatic N) is 3. The van der Waals surface area contributed by atoms with E-state index in [1.807, 2.05) is 4.90 Å². The molecule has 172 valence electrons. The van der Waals surface area contributed by atoms with Gasteiger partial charge in [0.05, 0.1) is 12.0 Å².